The van der Waals surface area contributed by atoms with Gasteiger partial charge in [0.25, 0.3) is 0 Å². The third kappa shape index (κ3) is 4.72. The number of anilines is 1. The van der Waals surface area contributed by atoms with Crippen molar-refractivity contribution in [2.75, 3.05) is 11.9 Å². The topological polar surface area (TPSA) is 92.8 Å². The first-order valence-corrected chi connectivity index (χ1v) is 7.68. The fourth-order valence-corrected chi connectivity index (χ4v) is 2.27. The molecule has 138 valence electrons. The Morgan fingerprint density at radius 3 is 2.44 bits per heavy atom. The Morgan fingerprint density at radius 1 is 1.19 bits per heavy atom. The molecule has 0 atom stereocenters. The second-order valence-electron chi connectivity index (χ2n) is 5.48. The highest BCUT2D eigenvalue weighted by molar-refractivity contribution is 5.92. The monoisotopic (exact) mass is 375 g/mol. The van der Waals surface area contributed by atoms with Gasteiger partial charge in [-0.2, -0.15) is 23.2 Å². The highest BCUT2D eigenvalue weighted by atomic mass is 19.4. The van der Waals surface area contributed by atoms with Crippen LogP contribution in [-0.4, -0.2) is 33.7 Å². The van der Waals surface area contributed by atoms with Gasteiger partial charge < -0.3 is 10.1 Å². The van der Waals surface area contributed by atoms with Crippen molar-refractivity contribution in [3.8, 4) is 17.5 Å². The van der Waals surface area contributed by atoms with Crippen LogP contribution in [-0.2, 0) is 4.79 Å². The van der Waals surface area contributed by atoms with Crippen molar-refractivity contribution in [2.24, 2.45) is 0 Å². The van der Waals surface area contributed by atoms with Crippen LogP contribution in [0, 0.1) is 11.3 Å². The second-order valence-corrected chi connectivity index (χ2v) is 5.48. The molecule has 1 amide bonds. The van der Waals surface area contributed by atoms with E-state index < -0.39 is 25.1 Å². The van der Waals surface area contributed by atoms with Crippen LogP contribution in [0.3, 0.4) is 0 Å². The third-order valence-electron chi connectivity index (χ3n) is 3.33. The van der Waals surface area contributed by atoms with Crippen LogP contribution in [0.15, 0.2) is 42.5 Å². The quantitative estimate of drug-likeness (QED) is 0.739. The SMILES string of the molecule is N#CCC(=O)Nc1cc(OCC(F)(F)F)cc(-n2nc3ccccc3n2)c1. The number of alkyl halides is 3. The summed E-state index contributed by atoms with van der Waals surface area (Å²) in [6, 6.07) is 12.7. The number of hydrogen-bond acceptors (Lipinski definition) is 5. The Morgan fingerprint density at radius 2 is 1.85 bits per heavy atom. The van der Waals surface area contributed by atoms with Crippen LogP contribution >= 0.6 is 0 Å². The van der Waals surface area contributed by atoms with Crippen molar-refractivity contribution in [3.05, 3.63) is 42.5 Å². The lowest BCUT2D eigenvalue weighted by atomic mass is 10.2. The standard InChI is InChI=1S/C17H12F3N5O2/c18-17(19,20)10-27-13-8-11(22-16(26)5-6-21)7-12(9-13)25-23-14-3-1-2-4-15(14)24-25/h1-4,7-9H,5,10H2,(H,22,26). The number of rotatable bonds is 5. The van der Waals surface area contributed by atoms with Crippen LogP contribution in [0.1, 0.15) is 6.42 Å². The summed E-state index contributed by atoms with van der Waals surface area (Å²) in [5, 5.41) is 19.5. The molecule has 0 saturated heterocycles. The van der Waals surface area contributed by atoms with Crippen LogP contribution < -0.4 is 10.1 Å². The van der Waals surface area contributed by atoms with Crippen molar-refractivity contribution in [2.45, 2.75) is 12.6 Å². The van der Waals surface area contributed by atoms with Crippen molar-refractivity contribution >= 4 is 22.6 Å². The molecule has 0 aliphatic carbocycles. The van der Waals surface area contributed by atoms with Crippen molar-refractivity contribution < 1.29 is 22.7 Å². The molecule has 3 aromatic rings. The molecule has 0 aliphatic heterocycles. The Labute approximate surface area is 151 Å². The second kappa shape index (κ2) is 7.33. The number of hydrogen-bond donors (Lipinski definition) is 1. The van der Waals surface area contributed by atoms with E-state index in [0.717, 1.165) is 0 Å². The van der Waals surface area contributed by atoms with Gasteiger partial charge in [0.2, 0.25) is 5.91 Å². The molecule has 3 rings (SSSR count). The minimum atomic E-state index is -4.52. The van der Waals surface area contributed by atoms with Gasteiger partial charge in [0.1, 0.15) is 23.2 Å². The molecule has 7 nitrogen and oxygen atoms in total. The maximum absolute atomic E-state index is 12.5. The normalized spacial score (nSPS) is 11.2. The summed E-state index contributed by atoms with van der Waals surface area (Å²) in [7, 11) is 0. The van der Waals surface area contributed by atoms with Crippen molar-refractivity contribution in [1.29, 1.82) is 5.26 Å². The molecule has 1 heterocycles. The maximum Gasteiger partial charge on any atom is 0.422 e. The van der Waals surface area contributed by atoms with Gasteiger partial charge in [-0.15, -0.1) is 10.2 Å². The summed E-state index contributed by atoms with van der Waals surface area (Å²) in [5.74, 6) is -0.728. The summed E-state index contributed by atoms with van der Waals surface area (Å²) in [6.07, 6.45) is -4.91. The van der Waals surface area contributed by atoms with Gasteiger partial charge in [-0.3, -0.25) is 4.79 Å². The largest absolute Gasteiger partial charge is 0.484 e. The number of nitrogens with zero attached hydrogens (tertiary/aromatic N) is 4. The number of benzene rings is 2. The van der Waals surface area contributed by atoms with Gasteiger partial charge >= 0.3 is 6.18 Å². The third-order valence-corrected chi connectivity index (χ3v) is 3.33. The first kappa shape index (κ1) is 18.2. The van der Waals surface area contributed by atoms with E-state index in [4.69, 9.17) is 10.00 Å². The van der Waals surface area contributed by atoms with Crippen LogP contribution in [0.2, 0.25) is 0 Å². The van der Waals surface area contributed by atoms with Crippen molar-refractivity contribution in [1.82, 2.24) is 15.0 Å². The molecule has 0 fully saturated rings. The molecule has 27 heavy (non-hydrogen) atoms. The first-order chi connectivity index (χ1) is 12.8. The van der Waals surface area contributed by atoms with E-state index in [1.54, 1.807) is 30.3 Å². The van der Waals surface area contributed by atoms with E-state index in [2.05, 4.69) is 15.5 Å². The molecule has 2 aromatic carbocycles. The molecule has 10 heteroatoms. The lowest BCUT2D eigenvalue weighted by Crippen LogP contribution is -2.19. The van der Waals surface area contributed by atoms with Crippen LogP contribution in [0.5, 0.6) is 5.75 Å². The predicted molar refractivity (Wildman–Crippen MR) is 89.3 cm³/mol. The van der Waals surface area contributed by atoms with E-state index in [9.17, 15) is 18.0 Å². The van der Waals surface area contributed by atoms with Gasteiger partial charge in [0, 0.05) is 17.8 Å². The summed E-state index contributed by atoms with van der Waals surface area (Å²) in [6.45, 7) is -1.49. The zero-order chi connectivity index (χ0) is 19.4. The average Bonchev–Trinajstić information content (AvgIpc) is 3.03. The number of nitriles is 1. The summed E-state index contributed by atoms with van der Waals surface area (Å²) >= 11 is 0. The fourth-order valence-electron chi connectivity index (χ4n) is 2.27. The highest BCUT2D eigenvalue weighted by Gasteiger charge is 2.28. The smallest absolute Gasteiger partial charge is 0.422 e. The van der Waals surface area contributed by atoms with Gasteiger partial charge in [-0.05, 0) is 18.2 Å². The van der Waals surface area contributed by atoms with Gasteiger partial charge in [0.05, 0.1) is 11.8 Å². The van der Waals surface area contributed by atoms with Crippen LogP contribution in [0.4, 0.5) is 18.9 Å². The predicted octanol–water partition coefficient (Wildman–Crippen LogP) is 3.21. The fraction of sp³-hybridized carbons (Fsp3) is 0.176. The van der Waals surface area contributed by atoms with Gasteiger partial charge in [-0.25, -0.2) is 0 Å². The van der Waals surface area contributed by atoms with Gasteiger partial charge in [-0.1, -0.05) is 12.1 Å². The summed E-state index contributed by atoms with van der Waals surface area (Å²) in [5.41, 5.74) is 1.63. The highest BCUT2D eigenvalue weighted by Crippen LogP contribution is 2.26. The summed E-state index contributed by atoms with van der Waals surface area (Å²) in [4.78, 5) is 12.9. The molecule has 0 bridgehead atoms. The molecule has 0 aliphatic rings. The molecule has 0 unspecified atom stereocenters. The van der Waals surface area contributed by atoms with E-state index in [1.165, 1.54) is 23.0 Å². The molecule has 1 N–H and O–H groups in total. The zero-order valence-corrected chi connectivity index (χ0v) is 13.7. The van der Waals surface area contributed by atoms with E-state index in [0.29, 0.717) is 11.0 Å². The Kier molecular flexibility index (Phi) is 4.94. The first-order valence-electron chi connectivity index (χ1n) is 7.68. The zero-order valence-electron chi connectivity index (χ0n) is 13.7. The average molecular weight is 375 g/mol. The van der Waals surface area contributed by atoms with Gasteiger partial charge in [0.15, 0.2) is 6.61 Å². The van der Waals surface area contributed by atoms with E-state index in [1.807, 2.05) is 0 Å². The lowest BCUT2D eigenvalue weighted by Gasteiger charge is -2.12. The number of nitrogens with one attached hydrogen (secondary N) is 1. The maximum atomic E-state index is 12.5. The number of carbonyl (C=O) groups excluding carboxylic acids is 1. The Hall–Kier alpha value is -3.61. The number of halogens is 3. The van der Waals surface area contributed by atoms with E-state index >= 15 is 0 Å². The molecular weight excluding hydrogens is 363 g/mol. The minimum Gasteiger partial charge on any atom is -0.484 e. The summed E-state index contributed by atoms with van der Waals surface area (Å²) < 4.78 is 42.1. The molecule has 0 radical (unpaired) electrons. The van der Waals surface area contributed by atoms with Crippen molar-refractivity contribution in [3.63, 3.8) is 0 Å². The number of carbonyl (C=O) groups is 1. The Bertz CT molecular complexity index is 990. The number of ether oxygens (including phenoxy) is 1. The number of fused-ring (bicyclic) bond motifs is 1. The molecule has 0 saturated carbocycles. The molecule has 1 aromatic heterocycles. The molecular formula is C17H12F3N5O2. The van der Waals surface area contributed by atoms with Crippen LogP contribution in [0.25, 0.3) is 16.7 Å². The Balaban J connectivity index is 1.97. The molecule has 0 spiro atoms. The number of aromatic nitrogens is 3. The van der Waals surface area contributed by atoms with E-state index in [-0.39, 0.29) is 17.1 Å². The minimum absolute atomic E-state index is 0.126. The lowest BCUT2D eigenvalue weighted by molar-refractivity contribution is -0.153. The number of amides is 1.